The number of furan rings is 2. The molecule has 0 radical (unpaired) electrons. The molecule has 2 N–H and O–H groups in total. The van der Waals surface area contributed by atoms with Crippen LogP contribution in [-0.2, 0) is 0 Å². The van der Waals surface area contributed by atoms with Crippen molar-refractivity contribution >= 4 is 128 Å². The van der Waals surface area contributed by atoms with Crippen LogP contribution in [0.2, 0.25) is 0 Å². The molecule has 18 rings (SSSR count). The van der Waals surface area contributed by atoms with Gasteiger partial charge in [-0.3, -0.25) is 0 Å². The first-order valence-corrected chi connectivity index (χ1v) is 35.8. The molecule has 26 nitrogen and oxygen atoms in total. The number of thiophene rings is 2. The van der Waals surface area contributed by atoms with E-state index in [4.69, 9.17) is 8.83 Å². The van der Waals surface area contributed by atoms with Crippen LogP contribution in [0.3, 0.4) is 0 Å². The summed E-state index contributed by atoms with van der Waals surface area (Å²) in [5, 5.41) is 19.7. The first-order chi connectivity index (χ1) is 48.4. The van der Waals surface area contributed by atoms with Gasteiger partial charge in [0.25, 0.3) is 0 Å². The molecular weight excluding hydrogens is 1290 g/mol. The maximum atomic E-state index is 5.64. The van der Waals surface area contributed by atoms with Crippen molar-refractivity contribution in [1.82, 2.24) is 84.4 Å². The van der Waals surface area contributed by atoms with Gasteiger partial charge in [-0.15, -0.1) is 22.7 Å². The van der Waals surface area contributed by atoms with Crippen LogP contribution >= 0.6 is 22.7 Å². The Labute approximate surface area is 580 Å². The summed E-state index contributed by atoms with van der Waals surface area (Å²) in [6.07, 6.45) is 25.4. The van der Waals surface area contributed by atoms with Crippen molar-refractivity contribution in [3.05, 3.63) is 147 Å². The zero-order valence-corrected chi connectivity index (χ0v) is 58.6. The van der Waals surface area contributed by atoms with Crippen molar-refractivity contribution in [2.75, 3.05) is 115 Å². The Bertz CT molecular complexity index is 4610. The maximum Gasteiger partial charge on any atom is 0.194 e. The molecular formula is C71H82N24O2S2. The number of H-pyrrole nitrogens is 1. The molecule has 0 bridgehead atoms. The van der Waals surface area contributed by atoms with E-state index >= 15 is 0 Å². The van der Waals surface area contributed by atoms with Crippen molar-refractivity contribution in [3.8, 4) is 0 Å². The summed E-state index contributed by atoms with van der Waals surface area (Å²) < 4.78 is 15.0. The number of nitrogens with zero attached hydrogens (tertiary/aromatic N) is 22. The zero-order valence-electron chi connectivity index (χ0n) is 56.9. The highest BCUT2D eigenvalue weighted by molar-refractivity contribution is 7.17. The predicted octanol–water partition coefficient (Wildman–Crippen LogP) is 11.3. The highest BCUT2D eigenvalue weighted by atomic mass is 32.1. The van der Waals surface area contributed by atoms with E-state index in [2.05, 4.69) is 207 Å². The van der Waals surface area contributed by atoms with Gasteiger partial charge in [-0.05, 0) is 115 Å². The molecule has 0 amide bonds. The van der Waals surface area contributed by atoms with Crippen LogP contribution in [0.25, 0.3) is 64.6 Å². The third-order valence-electron chi connectivity index (χ3n) is 20.8. The minimum atomic E-state index is 0.252. The fraction of sp³-hybridized carbons (Fsp3) is 0.394. The van der Waals surface area contributed by atoms with Gasteiger partial charge in [0.15, 0.2) is 34.4 Å². The number of rotatable bonds is 11. The number of hydrogen-bond donors (Lipinski definition) is 2. The number of hydrogen-bond acceptors (Lipinski definition) is 25. The second kappa shape index (κ2) is 28.3. The van der Waals surface area contributed by atoms with E-state index < -0.39 is 0 Å². The van der Waals surface area contributed by atoms with Gasteiger partial charge in [0.2, 0.25) is 0 Å². The van der Waals surface area contributed by atoms with Crippen LogP contribution in [0.4, 0.5) is 40.7 Å². The van der Waals surface area contributed by atoms with Gasteiger partial charge in [-0.2, -0.15) is 10.2 Å². The molecule has 0 aliphatic carbocycles. The molecule has 14 aromatic heterocycles. The molecule has 4 fully saturated rings. The van der Waals surface area contributed by atoms with Crippen molar-refractivity contribution in [1.29, 1.82) is 0 Å². The van der Waals surface area contributed by atoms with Gasteiger partial charge in [0.05, 0.1) is 46.9 Å². The van der Waals surface area contributed by atoms with Crippen molar-refractivity contribution in [2.45, 2.75) is 77.5 Å². The Morgan fingerprint density at radius 1 is 0.455 bits per heavy atom. The van der Waals surface area contributed by atoms with E-state index in [1.165, 1.54) is 11.8 Å². The molecule has 28 heteroatoms. The fourth-order valence-corrected chi connectivity index (χ4v) is 16.4. The standard InChI is InChI=1S/C19H22N8.C19H20N6O2.C19H20N6S2.C14H20N4/c1-14-7-10-25(19-16-6-4-9-27(16)23-13-21-19)11-17(14)24(2)18-15-5-3-8-26(15)22-12-20-18;1-12-3-6-25(19-17-14(5-8-27-17)21-11-23-19)9-15(12)24(2)18-16-13(4-7-26-16)20-10-22-18;1-12-3-6-25(17-14-5-8-27-19(14)23-11-21-17)9-15(12)24(2)16-13-4-7-26-18(13)22-10-20-16;1-10-3-6-15-9-13(10)18(2)14-11-4-7-16-12(11)5-8-17-14/h3-6,8-9,12-14,17H,7,10-11H2,1-2H3;2*4-5,7-8,10-12,15H,3,6,9H2,1-2H3;4-5,7-8,10,13,15-16H,3,6,9H2,1-2H3/t14-,17+;2*12-,15+;10-,13+/m1111/s1. The summed E-state index contributed by atoms with van der Waals surface area (Å²) in [4.78, 5) is 70.8. The molecule has 4 aliphatic rings. The second-order valence-electron chi connectivity index (χ2n) is 26.6. The minimum Gasteiger partial charge on any atom is -0.459 e. The fourth-order valence-electron chi connectivity index (χ4n) is 14.9. The lowest BCUT2D eigenvalue weighted by Gasteiger charge is -2.42. The Morgan fingerprint density at radius 3 is 1.69 bits per heavy atom. The number of pyridine rings is 1. The van der Waals surface area contributed by atoms with Crippen molar-refractivity contribution < 1.29 is 8.83 Å². The van der Waals surface area contributed by atoms with Gasteiger partial charge in [0, 0.05) is 122 Å². The van der Waals surface area contributed by atoms with Crippen LogP contribution in [0.1, 0.15) is 53.4 Å². The lowest BCUT2D eigenvalue weighted by atomic mass is 9.92. The smallest absolute Gasteiger partial charge is 0.194 e. The number of anilines is 7. The molecule has 0 unspecified atom stereocenters. The molecule has 4 aliphatic heterocycles. The number of fused-ring (bicyclic) bond motifs is 7. The Kier molecular flexibility index (Phi) is 18.5. The van der Waals surface area contributed by atoms with Crippen molar-refractivity contribution in [2.24, 2.45) is 23.7 Å². The van der Waals surface area contributed by atoms with Gasteiger partial charge >= 0.3 is 0 Å². The van der Waals surface area contributed by atoms with Gasteiger partial charge in [-0.1, -0.05) is 27.7 Å². The third-order valence-corrected chi connectivity index (χ3v) is 22.4. The maximum absolute atomic E-state index is 5.64. The molecule has 510 valence electrons. The quantitative estimate of drug-likeness (QED) is 0.122. The molecule has 8 atom stereocenters. The topological polar surface area (TPSA) is 253 Å². The highest BCUT2D eigenvalue weighted by Gasteiger charge is 2.36. The molecule has 14 aromatic rings. The first-order valence-electron chi connectivity index (χ1n) is 34.0. The number of aromatic nitrogens is 16. The van der Waals surface area contributed by atoms with Crippen LogP contribution in [0, 0.1) is 23.7 Å². The average Bonchev–Trinajstić information content (AvgIpc) is 1.72. The Morgan fingerprint density at radius 2 is 0.970 bits per heavy atom. The van der Waals surface area contributed by atoms with Crippen LogP contribution in [0.15, 0.2) is 156 Å². The molecule has 99 heavy (non-hydrogen) atoms. The molecule has 0 spiro atoms. The van der Waals surface area contributed by atoms with E-state index in [0.717, 1.165) is 172 Å². The second-order valence-corrected chi connectivity index (χ2v) is 28.4. The molecule has 4 saturated heterocycles. The average molecular weight is 1370 g/mol. The summed E-state index contributed by atoms with van der Waals surface area (Å²) in [5.41, 5.74) is 6.34. The number of piperidine rings is 4. The van der Waals surface area contributed by atoms with Gasteiger partial charge in [0.1, 0.15) is 87.1 Å². The Hall–Kier alpha value is -10.2. The predicted molar refractivity (Wildman–Crippen MR) is 394 cm³/mol. The normalized spacial score (nSPS) is 21.2. The highest BCUT2D eigenvalue weighted by Crippen LogP contribution is 2.38. The molecule has 0 saturated carbocycles. The third kappa shape index (κ3) is 12.9. The van der Waals surface area contributed by atoms with Gasteiger partial charge in [-0.25, -0.2) is 63.9 Å². The SMILES string of the molecule is C[C@@H]1CCN(c2ncnc3ccoc23)C[C@@H]1N(C)c1ncnc2ccoc12.C[C@@H]1CCN(c2ncnc3sccc23)C[C@@H]1N(C)c1ncnc2sccc12.C[C@@H]1CCN(c2ncnn3cccc23)C[C@@H]1N(C)c1ncnn2cccc12.C[C@@H]1CCNC[C@@H]1N(C)c1nccc2[nH]ccc12. The van der Waals surface area contributed by atoms with Crippen LogP contribution in [0.5, 0.6) is 0 Å². The van der Waals surface area contributed by atoms with E-state index in [0.29, 0.717) is 41.8 Å². The summed E-state index contributed by atoms with van der Waals surface area (Å²) >= 11 is 3.33. The monoisotopic (exact) mass is 1370 g/mol. The largest absolute Gasteiger partial charge is 0.459 e. The molecule has 18 heterocycles. The van der Waals surface area contributed by atoms with E-state index in [9.17, 15) is 0 Å². The van der Waals surface area contributed by atoms with Gasteiger partial charge < -0.3 is 53.4 Å². The lowest BCUT2D eigenvalue weighted by Crippen LogP contribution is -2.51. The van der Waals surface area contributed by atoms with Crippen LogP contribution < -0.4 is 39.6 Å². The van der Waals surface area contributed by atoms with E-state index in [-0.39, 0.29) is 6.04 Å². The zero-order chi connectivity index (χ0) is 67.7. The number of aromatic amines is 1. The summed E-state index contributed by atoms with van der Waals surface area (Å²) in [6, 6.07) is 21.7. The minimum absolute atomic E-state index is 0.252. The number of nitrogens with one attached hydrogen (secondary N) is 2. The summed E-state index contributed by atoms with van der Waals surface area (Å²) in [6.45, 7) is 17.0. The van der Waals surface area contributed by atoms with Crippen molar-refractivity contribution in [3.63, 3.8) is 0 Å². The Balaban J connectivity index is 0.000000109. The summed E-state index contributed by atoms with van der Waals surface area (Å²) in [7, 11) is 8.51. The number of likely N-dealkylation sites (N-methyl/N-ethyl adjacent to an activating group) is 4. The van der Waals surface area contributed by atoms with E-state index in [1.54, 1.807) is 73.2 Å². The van der Waals surface area contributed by atoms with Crippen LogP contribution in [-0.4, -0.2) is 184 Å². The molecule has 0 aromatic carbocycles. The summed E-state index contributed by atoms with van der Waals surface area (Å²) in [5.74, 6) is 9.10. The first kappa shape index (κ1) is 64.8. The lowest BCUT2D eigenvalue weighted by molar-refractivity contribution is 0.338. The van der Waals surface area contributed by atoms with E-state index in [1.807, 2.05) is 64.2 Å².